The lowest BCUT2D eigenvalue weighted by Crippen LogP contribution is -2.44. The van der Waals surface area contributed by atoms with Crippen LogP contribution in [0.4, 0.5) is 5.69 Å². The Bertz CT molecular complexity index is 983. The fraction of sp³-hybridized carbons (Fsp3) is 0.269. The summed E-state index contributed by atoms with van der Waals surface area (Å²) < 4.78 is 0. The Morgan fingerprint density at radius 1 is 0.839 bits per heavy atom. The minimum Gasteiger partial charge on any atom is -0.369 e. The molecule has 31 heavy (non-hydrogen) atoms. The monoisotopic (exact) mass is 431 g/mol. The van der Waals surface area contributed by atoms with Crippen molar-refractivity contribution in [2.45, 2.75) is 17.2 Å². The van der Waals surface area contributed by atoms with Crippen LogP contribution in [0.5, 0.6) is 0 Å². The van der Waals surface area contributed by atoms with E-state index in [4.69, 9.17) is 0 Å². The van der Waals surface area contributed by atoms with Gasteiger partial charge < -0.3 is 15.1 Å². The van der Waals surface area contributed by atoms with Gasteiger partial charge in [0.25, 0.3) is 5.91 Å². The van der Waals surface area contributed by atoms with Crippen molar-refractivity contribution in [2.24, 2.45) is 0 Å². The average molecular weight is 432 g/mol. The molecular formula is C26H29N3OS. The SMILES string of the molecule is CN1CCN(c2ccc(CNC(=O)c3ccccc3SCc3ccccc3)cc2)CC1. The minimum atomic E-state index is -0.0284. The van der Waals surface area contributed by atoms with Gasteiger partial charge in [-0.2, -0.15) is 0 Å². The van der Waals surface area contributed by atoms with Gasteiger partial charge in [0.05, 0.1) is 5.56 Å². The van der Waals surface area contributed by atoms with Gasteiger partial charge >= 0.3 is 0 Å². The second-order valence-electron chi connectivity index (χ2n) is 7.91. The molecule has 0 unspecified atom stereocenters. The standard InChI is InChI=1S/C26H29N3OS/c1-28-15-17-29(18-16-28)23-13-11-21(12-14-23)19-27-26(30)24-9-5-6-10-25(24)31-20-22-7-3-2-4-8-22/h2-14H,15-20H2,1H3,(H,27,30). The van der Waals surface area contributed by atoms with Crippen LogP contribution in [-0.4, -0.2) is 44.0 Å². The molecule has 4 nitrogen and oxygen atoms in total. The quantitative estimate of drug-likeness (QED) is 0.552. The number of hydrogen-bond acceptors (Lipinski definition) is 4. The summed E-state index contributed by atoms with van der Waals surface area (Å²) in [5.74, 6) is 0.818. The molecular weight excluding hydrogens is 402 g/mol. The summed E-state index contributed by atoms with van der Waals surface area (Å²) in [7, 11) is 2.17. The first-order valence-electron chi connectivity index (χ1n) is 10.8. The Labute approximate surface area is 189 Å². The van der Waals surface area contributed by atoms with E-state index in [1.165, 1.54) is 11.3 Å². The summed E-state index contributed by atoms with van der Waals surface area (Å²) in [6, 6.07) is 26.7. The molecule has 5 heteroatoms. The zero-order valence-corrected chi connectivity index (χ0v) is 18.8. The van der Waals surface area contributed by atoms with Crippen molar-refractivity contribution in [1.82, 2.24) is 10.2 Å². The number of nitrogens with one attached hydrogen (secondary N) is 1. The molecule has 1 N–H and O–H groups in total. The summed E-state index contributed by atoms with van der Waals surface area (Å²) in [6.07, 6.45) is 0. The molecule has 1 fully saturated rings. The Balaban J connectivity index is 1.33. The van der Waals surface area contributed by atoms with Crippen LogP contribution in [0.3, 0.4) is 0 Å². The van der Waals surface area contributed by atoms with E-state index >= 15 is 0 Å². The van der Waals surface area contributed by atoms with Gasteiger partial charge in [-0.1, -0.05) is 54.6 Å². The Morgan fingerprint density at radius 2 is 1.52 bits per heavy atom. The Kier molecular flexibility index (Phi) is 7.28. The van der Waals surface area contributed by atoms with Gasteiger partial charge in [0.1, 0.15) is 0 Å². The van der Waals surface area contributed by atoms with Gasteiger partial charge in [-0.15, -0.1) is 11.8 Å². The number of carbonyl (C=O) groups is 1. The smallest absolute Gasteiger partial charge is 0.252 e. The third-order valence-corrected chi connectivity index (χ3v) is 6.77. The van der Waals surface area contributed by atoms with E-state index in [1.54, 1.807) is 11.8 Å². The highest BCUT2D eigenvalue weighted by Crippen LogP contribution is 2.26. The van der Waals surface area contributed by atoms with E-state index in [1.807, 2.05) is 42.5 Å². The lowest BCUT2D eigenvalue weighted by molar-refractivity contribution is 0.0948. The van der Waals surface area contributed by atoms with Gasteiger partial charge in [-0.25, -0.2) is 0 Å². The summed E-state index contributed by atoms with van der Waals surface area (Å²) in [6.45, 7) is 4.84. The van der Waals surface area contributed by atoms with Gasteiger partial charge in [-0.3, -0.25) is 4.79 Å². The molecule has 0 spiro atoms. The summed E-state index contributed by atoms with van der Waals surface area (Å²) >= 11 is 1.70. The predicted octanol–water partition coefficient (Wildman–Crippen LogP) is 4.66. The van der Waals surface area contributed by atoms with Crippen LogP contribution in [0.25, 0.3) is 0 Å². The number of rotatable bonds is 7. The third-order valence-electron chi connectivity index (χ3n) is 5.63. The maximum atomic E-state index is 12.9. The van der Waals surface area contributed by atoms with Crippen LogP contribution in [0.2, 0.25) is 0 Å². The first-order valence-corrected chi connectivity index (χ1v) is 11.7. The summed E-state index contributed by atoms with van der Waals surface area (Å²) in [5, 5.41) is 3.09. The van der Waals surface area contributed by atoms with Gasteiger partial charge in [0.2, 0.25) is 0 Å². The van der Waals surface area contributed by atoms with Gasteiger partial charge in [-0.05, 0) is 42.4 Å². The molecule has 0 aromatic heterocycles. The van der Waals surface area contributed by atoms with Gasteiger partial charge in [0.15, 0.2) is 0 Å². The molecule has 1 aliphatic rings. The number of piperazine rings is 1. The molecule has 3 aromatic rings. The van der Waals surface area contributed by atoms with Crippen molar-refractivity contribution in [1.29, 1.82) is 0 Å². The lowest BCUT2D eigenvalue weighted by Gasteiger charge is -2.34. The van der Waals surface area contributed by atoms with E-state index in [0.717, 1.165) is 48.0 Å². The minimum absolute atomic E-state index is 0.0284. The highest BCUT2D eigenvalue weighted by molar-refractivity contribution is 7.98. The second-order valence-corrected chi connectivity index (χ2v) is 8.93. The number of carbonyl (C=O) groups excluding carboxylic acids is 1. The first kappa shape index (κ1) is 21.5. The highest BCUT2D eigenvalue weighted by atomic mass is 32.2. The van der Waals surface area contributed by atoms with Crippen LogP contribution >= 0.6 is 11.8 Å². The van der Waals surface area contributed by atoms with Crippen molar-refractivity contribution in [3.63, 3.8) is 0 Å². The summed E-state index contributed by atoms with van der Waals surface area (Å²) in [4.78, 5) is 18.6. The molecule has 0 bridgehead atoms. The molecule has 0 radical (unpaired) electrons. The topological polar surface area (TPSA) is 35.6 Å². The maximum absolute atomic E-state index is 12.9. The van der Waals surface area contributed by atoms with E-state index in [9.17, 15) is 4.79 Å². The zero-order chi connectivity index (χ0) is 21.5. The van der Waals surface area contributed by atoms with Crippen LogP contribution in [0, 0.1) is 0 Å². The van der Waals surface area contributed by atoms with E-state index in [-0.39, 0.29) is 5.91 Å². The van der Waals surface area contributed by atoms with E-state index in [2.05, 4.69) is 58.6 Å². The molecule has 3 aromatic carbocycles. The third kappa shape index (κ3) is 5.90. The number of hydrogen-bond donors (Lipinski definition) is 1. The number of nitrogens with zero attached hydrogens (tertiary/aromatic N) is 2. The van der Waals surface area contributed by atoms with E-state index < -0.39 is 0 Å². The van der Waals surface area contributed by atoms with Gasteiger partial charge in [0, 0.05) is 49.1 Å². The number of anilines is 1. The maximum Gasteiger partial charge on any atom is 0.252 e. The molecule has 4 rings (SSSR count). The average Bonchev–Trinajstić information content (AvgIpc) is 2.83. The summed E-state index contributed by atoms with van der Waals surface area (Å²) in [5.41, 5.74) is 4.35. The Hall–Kier alpha value is -2.76. The molecule has 1 amide bonds. The van der Waals surface area contributed by atoms with Crippen molar-refractivity contribution in [2.75, 3.05) is 38.1 Å². The normalized spacial score (nSPS) is 14.4. The van der Waals surface area contributed by atoms with Crippen molar-refractivity contribution in [3.8, 4) is 0 Å². The Morgan fingerprint density at radius 3 is 2.26 bits per heavy atom. The van der Waals surface area contributed by atoms with Crippen molar-refractivity contribution < 1.29 is 4.79 Å². The molecule has 0 saturated carbocycles. The second kappa shape index (κ2) is 10.5. The molecule has 0 aliphatic carbocycles. The van der Waals surface area contributed by atoms with E-state index in [0.29, 0.717) is 6.54 Å². The van der Waals surface area contributed by atoms with Crippen molar-refractivity contribution in [3.05, 3.63) is 95.6 Å². The van der Waals surface area contributed by atoms with Crippen LogP contribution in [0.1, 0.15) is 21.5 Å². The number of benzene rings is 3. The zero-order valence-electron chi connectivity index (χ0n) is 18.0. The van der Waals surface area contributed by atoms with Crippen LogP contribution < -0.4 is 10.2 Å². The molecule has 0 atom stereocenters. The van der Waals surface area contributed by atoms with Crippen LogP contribution in [-0.2, 0) is 12.3 Å². The molecule has 160 valence electrons. The fourth-order valence-electron chi connectivity index (χ4n) is 3.68. The lowest BCUT2D eigenvalue weighted by atomic mass is 10.1. The molecule has 1 saturated heterocycles. The largest absolute Gasteiger partial charge is 0.369 e. The molecule has 1 aliphatic heterocycles. The van der Waals surface area contributed by atoms with Crippen molar-refractivity contribution >= 4 is 23.4 Å². The predicted molar refractivity (Wildman–Crippen MR) is 130 cm³/mol. The number of likely N-dealkylation sites (N-methyl/N-ethyl adjacent to an activating group) is 1. The number of amides is 1. The highest BCUT2D eigenvalue weighted by Gasteiger charge is 2.14. The molecule has 1 heterocycles. The van der Waals surface area contributed by atoms with Crippen LogP contribution in [0.15, 0.2) is 83.8 Å². The first-order chi connectivity index (χ1) is 15.2. The fourth-order valence-corrected chi connectivity index (χ4v) is 4.69. The number of thioether (sulfide) groups is 1.